The molecule has 0 radical (unpaired) electrons. The summed E-state index contributed by atoms with van der Waals surface area (Å²) in [6, 6.07) is 3.99. The van der Waals surface area contributed by atoms with Gasteiger partial charge in [-0.2, -0.15) is 0 Å². The van der Waals surface area contributed by atoms with Gasteiger partial charge in [0.2, 0.25) is 0 Å². The number of pyridine rings is 1. The third-order valence-corrected chi connectivity index (χ3v) is 3.24. The molecule has 0 aromatic carbocycles. The Bertz CT molecular complexity index is 361. The molecule has 0 aliphatic carbocycles. The van der Waals surface area contributed by atoms with E-state index in [0.717, 1.165) is 19.6 Å². The molecule has 1 aliphatic rings. The van der Waals surface area contributed by atoms with Gasteiger partial charge in [0.15, 0.2) is 0 Å². The topological polar surface area (TPSA) is 53.4 Å². The van der Waals surface area contributed by atoms with Crippen molar-refractivity contribution in [1.82, 2.24) is 9.88 Å². The van der Waals surface area contributed by atoms with Crippen LogP contribution in [0.3, 0.4) is 0 Å². The second-order valence-electron chi connectivity index (χ2n) is 4.44. The van der Waals surface area contributed by atoms with Crippen LogP contribution >= 0.6 is 0 Å². The van der Waals surface area contributed by atoms with E-state index in [1.807, 2.05) is 12.1 Å². The van der Waals surface area contributed by atoms with Gasteiger partial charge in [-0.25, -0.2) is 0 Å². The van der Waals surface area contributed by atoms with Crippen molar-refractivity contribution in [2.24, 2.45) is 11.8 Å². The first-order chi connectivity index (χ1) is 7.66. The Labute approximate surface area is 94.9 Å². The van der Waals surface area contributed by atoms with Crippen LogP contribution in [-0.2, 0) is 11.3 Å². The molecular weight excluding hydrogens is 204 g/mol. The molecular formula is C12H16N2O2. The highest BCUT2D eigenvalue weighted by Crippen LogP contribution is 2.25. The van der Waals surface area contributed by atoms with E-state index in [-0.39, 0.29) is 5.92 Å². The van der Waals surface area contributed by atoms with E-state index < -0.39 is 5.97 Å². The van der Waals surface area contributed by atoms with Crippen molar-refractivity contribution in [2.45, 2.75) is 13.5 Å². The summed E-state index contributed by atoms with van der Waals surface area (Å²) in [6.45, 7) is 4.45. The molecule has 1 N–H and O–H groups in total. The Balaban J connectivity index is 1.79. The van der Waals surface area contributed by atoms with E-state index in [1.165, 1.54) is 5.56 Å². The highest BCUT2D eigenvalue weighted by molar-refractivity contribution is 5.70. The van der Waals surface area contributed by atoms with Gasteiger partial charge in [-0.15, -0.1) is 0 Å². The van der Waals surface area contributed by atoms with Gasteiger partial charge in [-0.05, 0) is 23.6 Å². The minimum atomic E-state index is -0.687. The summed E-state index contributed by atoms with van der Waals surface area (Å²) in [4.78, 5) is 17.0. The Hall–Kier alpha value is -1.42. The first-order valence-corrected chi connectivity index (χ1v) is 5.51. The van der Waals surface area contributed by atoms with Crippen LogP contribution in [0.15, 0.2) is 24.5 Å². The average Bonchev–Trinajstić information content (AvgIpc) is 2.23. The monoisotopic (exact) mass is 220 g/mol. The molecule has 4 heteroatoms. The third-order valence-electron chi connectivity index (χ3n) is 3.24. The Morgan fingerprint density at radius 1 is 1.56 bits per heavy atom. The van der Waals surface area contributed by atoms with Crippen molar-refractivity contribution in [3.63, 3.8) is 0 Å². The number of likely N-dealkylation sites (tertiary alicyclic amines) is 1. The van der Waals surface area contributed by atoms with E-state index in [9.17, 15) is 4.79 Å². The SMILES string of the molecule is CC(C(=O)O)C1CN(Cc2ccncc2)C1. The van der Waals surface area contributed by atoms with Gasteiger partial charge in [0, 0.05) is 32.0 Å². The van der Waals surface area contributed by atoms with Gasteiger partial charge in [-0.1, -0.05) is 6.92 Å². The fraction of sp³-hybridized carbons (Fsp3) is 0.500. The van der Waals surface area contributed by atoms with Crippen LogP contribution < -0.4 is 0 Å². The minimum absolute atomic E-state index is 0.228. The first-order valence-electron chi connectivity index (χ1n) is 5.51. The molecule has 1 saturated heterocycles. The molecule has 1 aliphatic heterocycles. The second-order valence-corrected chi connectivity index (χ2v) is 4.44. The van der Waals surface area contributed by atoms with Gasteiger partial charge in [0.05, 0.1) is 5.92 Å². The molecule has 2 heterocycles. The van der Waals surface area contributed by atoms with Crippen molar-refractivity contribution < 1.29 is 9.90 Å². The summed E-state index contributed by atoms with van der Waals surface area (Å²) in [6.07, 6.45) is 3.57. The van der Waals surface area contributed by atoms with Crippen molar-refractivity contribution in [3.05, 3.63) is 30.1 Å². The molecule has 1 aromatic heterocycles. The van der Waals surface area contributed by atoms with Gasteiger partial charge in [0.1, 0.15) is 0 Å². The number of carbonyl (C=O) groups is 1. The summed E-state index contributed by atoms with van der Waals surface area (Å²) in [5.41, 5.74) is 1.23. The lowest BCUT2D eigenvalue weighted by Gasteiger charge is -2.41. The molecule has 2 rings (SSSR count). The molecule has 1 aromatic rings. The van der Waals surface area contributed by atoms with Crippen LogP contribution in [0.1, 0.15) is 12.5 Å². The van der Waals surface area contributed by atoms with E-state index in [2.05, 4.69) is 9.88 Å². The van der Waals surface area contributed by atoms with Crippen molar-refractivity contribution in [2.75, 3.05) is 13.1 Å². The van der Waals surface area contributed by atoms with Crippen molar-refractivity contribution in [1.29, 1.82) is 0 Å². The smallest absolute Gasteiger partial charge is 0.306 e. The Morgan fingerprint density at radius 2 is 2.19 bits per heavy atom. The molecule has 16 heavy (non-hydrogen) atoms. The summed E-state index contributed by atoms with van der Waals surface area (Å²) in [5, 5.41) is 8.87. The van der Waals surface area contributed by atoms with E-state index in [1.54, 1.807) is 19.3 Å². The van der Waals surface area contributed by atoms with Gasteiger partial charge in [-0.3, -0.25) is 14.7 Å². The molecule has 86 valence electrons. The molecule has 0 bridgehead atoms. The molecule has 4 nitrogen and oxygen atoms in total. The second kappa shape index (κ2) is 4.61. The standard InChI is InChI=1S/C12H16N2O2/c1-9(12(15)16)11-7-14(8-11)6-10-2-4-13-5-3-10/h2-5,9,11H,6-8H2,1H3,(H,15,16). The summed E-state index contributed by atoms with van der Waals surface area (Å²) >= 11 is 0. The first kappa shape index (κ1) is 11.1. The quantitative estimate of drug-likeness (QED) is 0.829. The lowest BCUT2D eigenvalue weighted by molar-refractivity contribution is -0.145. The predicted molar refractivity (Wildman–Crippen MR) is 59.8 cm³/mol. The molecule has 1 unspecified atom stereocenters. The van der Waals surface area contributed by atoms with E-state index >= 15 is 0 Å². The van der Waals surface area contributed by atoms with Crippen LogP contribution in [0.4, 0.5) is 0 Å². The number of carboxylic acids is 1. The number of aliphatic carboxylic acids is 1. The van der Waals surface area contributed by atoms with E-state index in [4.69, 9.17) is 5.11 Å². The lowest BCUT2D eigenvalue weighted by Crippen LogP contribution is -2.50. The molecule has 0 amide bonds. The Morgan fingerprint density at radius 3 is 2.75 bits per heavy atom. The highest BCUT2D eigenvalue weighted by atomic mass is 16.4. The fourth-order valence-electron chi connectivity index (χ4n) is 2.00. The van der Waals surface area contributed by atoms with Gasteiger partial charge >= 0.3 is 5.97 Å². The summed E-state index contributed by atoms with van der Waals surface area (Å²) in [7, 11) is 0. The summed E-state index contributed by atoms with van der Waals surface area (Å²) < 4.78 is 0. The van der Waals surface area contributed by atoms with E-state index in [0.29, 0.717) is 5.92 Å². The molecule has 0 spiro atoms. The van der Waals surface area contributed by atoms with Crippen LogP contribution in [0.2, 0.25) is 0 Å². The predicted octanol–water partition coefficient (Wildman–Crippen LogP) is 1.23. The number of carboxylic acid groups (broad SMARTS) is 1. The zero-order valence-electron chi connectivity index (χ0n) is 9.34. The summed E-state index contributed by atoms with van der Waals surface area (Å²) in [5.74, 6) is -0.610. The maximum absolute atomic E-state index is 10.8. The van der Waals surface area contributed by atoms with Crippen LogP contribution in [0, 0.1) is 11.8 Å². The average molecular weight is 220 g/mol. The van der Waals surface area contributed by atoms with Crippen LogP contribution in [0.25, 0.3) is 0 Å². The number of nitrogens with zero attached hydrogens (tertiary/aromatic N) is 2. The van der Waals surface area contributed by atoms with Crippen LogP contribution in [-0.4, -0.2) is 34.0 Å². The van der Waals surface area contributed by atoms with Gasteiger partial charge < -0.3 is 5.11 Å². The van der Waals surface area contributed by atoms with Gasteiger partial charge in [0.25, 0.3) is 0 Å². The fourth-order valence-corrected chi connectivity index (χ4v) is 2.00. The zero-order valence-corrected chi connectivity index (χ0v) is 9.34. The third kappa shape index (κ3) is 2.39. The maximum atomic E-state index is 10.8. The Kier molecular flexibility index (Phi) is 3.19. The number of hydrogen-bond donors (Lipinski definition) is 1. The highest BCUT2D eigenvalue weighted by Gasteiger charge is 2.34. The van der Waals surface area contributed by atoms with Crippen molar-refractivity contribution in [3.8, 4) is 0 Å². The van der Waals surface area contributed by atoms with Crippen molar-refractivity contribution >= 4 is 5.97 Å². The molecule has 1 fully saturated rings. The number of aromatic nitrogens is 1. The normalized spacial score (nSPS) is 19.1. The van der Waals surface area contributed by atoms with Crippen LogP contribution in [0.5, 0.6) is 0 Å². The largest absolute Gasteiger partial charge is 0.481 e. The minimum Gasteiger partial charge on any atom is -0.481 e. The maximum Gasteiger partial charge on any atom is 0.306 e. The molecule has 0 saturated carbocycles. The number of hydrogen-bond acceptors (Lipinski definition) is 3. The number of rotatable bonds is 4. The zero-order chi connectivity index (χ0) is 11.5. The lowest BCUT2D eigenvalue weighted by atomic mass is 9.87. The molecule has 1 atom stereocenters.